The summed E-state index contributed by atoms with van der Waals surface area (Å²) in [5.74, 6) is -0.0481. The van der Waals surface area contributed by atoms with E-state index in [4.69, 9.17) is 5.11 Å². The van der Waals surface area contributed by atoms with E-state index >= 15 is 0 Å². The average Bonchev–Trinajstić information content (AvgIpc) is 2.86. The summed E-state index contributed by atoms with van der Waals surface area (Å²) in [6.45, 7) is 6.22. The molecule has 0 saturated heterocycles. The average molecular weight is 331 g/mol. The zero-order valence-electron chi connectivity index (χ0n) is 13.7. The molecule has 6 heteroatoms. The van der Waals surface area contributed by atoms with Crippen LogP contribution >= 0.6 is 11.8 Å². The van der Waals surface area contributed by atoms with Crippen molar-refractivity contribution in [1.29, 1.82) is 0 Å². The van der Waals surface area contributed by atoms with Gasteiger partial charge in [-0.1, -0.05) is 17.8 Å². The molecule has 1 aliphatic carbocycles. The molecule has 2 aromatic rings. The number of carbonyl (C=O) groups is 1. The predicted octanol–water partition coefficient (Wildman–Crippen LogP) is 3.25. The Labute approximate surface area is 140 Å². The molecule has 0 spiro atoms. The molecule has 0 saturated carbocycles. The summed E-state index contributed by atoms with van der Waals surface area (Å²) in [4.78, 5) is 10.9. The quantitative estimate of drug-likeness (QED) is 0.871. The Morgan fingerprint density at radius 2 is 1.87 bits per heavy atom. The maximum absolute atomic E-state index is 10.9. The number of aromatic nitrogens is 3. The molecule has 5 nitrogen and oxygen atoms in total. The standard InChI is InChI=1S/C17H21N3O2S/c1-10-8-11(2)16(14-7-5-4-6-13(10)14)20-12(3)18-19-17(20)23-9-15(21)22/h8H,4-7,9H2,1-3H3,(H,21,22). The Bertz CT molecular complexity index is 768. The van der Waals surface area contributed by atoms with Gasteiger partial charge in [-0.3, -0.25) is 9.36 Å². The van der Waals surface area contributed by atoms with E-state index in [0.717, 1.165) is 24.4 Å². The fourth-order valence-corrected chi connectivity index (χ4v) is 4.16. The monoisotopic (exact) mass is 331 g/mol. The van der Waals surface area contributed by atoms with Crippen molar-refractivity contribution in [2.75, 3.05) is 5.75 Å². The summed E-state index contributed by atoms with van der Waals surface area (Å²) >= 11 is 1.22. The zero-order chi connectivity index (χ0) is 16.6. The van der Waals surface area contributed by atoms with Gasteiger partial charge in [-0.25, -0.2) is 0 Å². The van der Waals surface area contributed by atoms with E-state index in [9.17, 15) is 4.79 Å². The predicted molar refractivity (Wildman–Crippen MR) is 90.6 cm³/mol. The van der Waals surface area contributed by atoms with Gasteiger partial charge in [0.1, 0.15) is 5.82 Å². The molecule has 0 unspecified atom stereocenters. The lowest BCUT2D eigenvalue weighted by Gasteiger charge is -2.25. The van der Waals surface area contributed by atoms with Crippen LogP contribution < -0.4 is 0 Å². The van der Waals surface area contributed by atoms with E-state index in [-0.39, 0.29) is 5.75 Å². The summed E-state index contributed by atoms with van der Waals surface area (Å²) in [6.07, 6.45) is 4.61. The van der Waals surface area contributed by atoms with Crippen LogP contribution in [-0.4, -0.2) is 31.6 Å². The van der Waals surface area contributed by atoms with Crippen LogP contribution in [0, 0.1) is 20.8 Å². The van der Waals surface area contributed by atoms with Gasteiger partial charge in [0.15, 0.2) is 5.16 Å². The van der Waals surface area contributed by atoms with Crippen LogP contribution in [0.1, 0.15) is 40.9 Å². The van der Waals surface area contributed by atoms with Gasteiger partial charge in [0.2, 0.25) is 0 Å². The summed E-state index contributed by atoms with van der Waals surface area (Å²) in [5, 5.41) is 18.0. The number of rotatable bonds is 4. The van der Waals surface area contributed by atoms with Crippen LogP contribution in [0.2, 0.25) is 0 Å². The number of carboxylic acid groups (broad SMARTS) is 1. The van der Waals surface area contributed by atoms with E-state index in [1.54, 1.807) is 0 Å². The van der Waals surface area contributed by atoms with Crippen LogP contribution in [0.15, 0.2) is 11.2 Å². The highest BCUT2D eigenvalue weighted by molar-refractivity contribution is 7.99. The van der Waals surface area contributed by atoms with E-state index in [2.05, 4.69) is 30.1 Å². The molecule has 0 fully saturated rings. The molecule has 1 aromatic heterocycles. The van der Waals surface area contributed by atoms with Gasteiger partial charge >= 0.3 is 5.97 Å². The minimum Gasteiger partial charge on any atom is -0.481 e. The molecule has 23 heavy (non-hydrogen) atoms. The second-order valence-electron chi connectivity index (χ2n) is 6.07. The highest BCUT2D eigenvalue weighted by atomic mass is 32.2. The molecule has 0 bridgehead atoms. The molecule has 1 N–H and O–H groups in total. The largest absolute Gasteiger partial charge is 0.481 e. The van der Waals surface area contributed by atoms with Crippen molar-refractivity contribution in [3.05, 3.63) is 34.1 Å². The van der Waals surface area contributed by atoms with Crippen molar-refractivity contribution < 1.29 is 9.90 Å². The van der Waals surface area contributed by atoms with Gasteiger partial charge in [-0.15, -0.1) is 10.2 Å². The molecule has 3 rings (SSSR count). The molecular weight excluding hydrogens is 310 g/mol. The van der Waals surface area contributed by atoms with Gasteiger partial charge in [-0.05, 0) is 68.7 Å². The fraction of sp³-hybridized carbons (Fsp3) is 0.471. The number of fused-ring (bicyclic) bond motifs is 1. The normalized spacial score (nSPS) is 13.9. The van der Waals surface area contributed by atoms with Crippen LogP contribution in [0.5, 0.6) is 0 Å². The molecule has 1 aliphatic rings. The van der Waals surface area contributed by atoms with Gasteiger partial charge in [0, 0.05) is 0 Å². The molecule has 1 aromatic carbocycles. The topological polar surface area (TPSA) is 68.0 Å². The summed E-state index contributed by atoms with van der Waals surface area (Å²) in [7, 11) is 0. The Balaban J connectivity index is 2.16. The molecule has 0 amide bonds. The minimum absolute atomic E-state index is 0.00870. The number of aliphatic carboxylic acids is 1. The maximum Gasteiger partial charge on any atom is 0.313 e. The van der Waals surface area contributed by atoms with Crippen molar-refractivity contribution in [2.24, 2.45) is 0 Å². The Kier molecular flexibility index (Phi) is 4.43. The second-order valence-corrected chi connectivity index (χ2v) is 7.01. The Morgan fingerprint density at radius 3 is 2.57 bits per heavy atom. The lowest BCUT2D eigenvalue weighted by atomic mass is 9.85. The first-order valence-corrected chi connectivity index (χ1v) is 8.86. The van der Waals surface area contributed by atoms with Crippen molar-refractivity contribution in [2.45, 2.75) is 51.6 Å². The molecular formula is C17H21N3O2S. The second kappa shape index (κ2) is 6.35. The van der Waals surface area contributed by atoms with Gasteiger partial charge in [0.25, 0.3) is 0 Å². The number of hydrogen-bond acceptors (Lipinski definition) is 4. The first-order valence-electron chi connectivity index (χ1n) is 7.88. The van der Waals surface area contributed by atoms with Crippen molar-refractivity contribution in [3.8, 4) is 5.69 Å². The number of hydrogen-bond donors (Lipinski definition) is 1. The lowest BCUT2D eigenvalue weighted by Crippen LogP contribution is -2.13. The van der Waals surface area contributed by atoms with Crippen LogP contribution in [0.3, 0.4) is 0 Å². The van der Waals surface area contributed by atoms with Crippen molar-refractivity contribution >= 4 is 17.7 Å². The third-order valence-electron chi connectivity index (χ3n) is 4.38. The highest BCUT2D eigenvalue weighted by Gasteiger charge is 2.22. The summed E-state index contributed by atoms with van der Waals surface area (Å²) in [6, 6.07) is 2.23. The van der Waals surface area contributed by atoms with E-state index in [1.165, 1.54) is 46.9 Å². The molecule has 0 aliphatic heterocycles. The zero-order valence-corrected chi connectivity index (χ0v) is 14.5. The third-order valence-corrected chi connectivity index (χ3v) is 5.29. The maximum atomic E-state index is 10.9. The number of carboxylic acids is 1. The Hall–Kier alpha value is -1.82. The van der Waals surface area contributed by atoms with Crippen LogP contribution in [-0.2, 0) is 17.6 Å². The van der Waals surface area contributed by atoms with Gasteiger partial charge < -0.3 is 5.11 Å². The first kappa shape index (κ1) is 16.1. The lowest BCUT2D eigenvalue weighted by molar-refractivity contribution is -0.133. The molecule has 1 heterocycles. The SMILES string of the molecule is Cc1cc(C)c(-n2c(C)nnc2SCC(=O)O)c2c1CCCC2. The van der Waals surface area contributed by atoms with Crippen LogP contribution in [0.25, 0.3) is 5.69 Å². The third kappa shape index (κ3) is 3.00. The molecule has 122 valence electrons. The fourth-order valence-electron chi connectivity index (χ4n) is 3.45. The highest BCUT2D eigenvalue weighted by Crippen LogP contribution is 2.34. The van der Waals surface area contributed by atoms with Gasteiger partial charge in [0.05, 0.1) is 11.4 Å². The molecule has 0 atom stereocenters. The van der Waals surface area contributed by atoms with Gasteiger partial charge in [-0.2, -0.15) is 0 Å². The number of aryl methyl sites for hydroxylation is 3. The summed E-state index contributed by atoms with van der Waals surface area (Å²) < 4.78 is 2.03. The van der Waals surface area contributed by atoms with E-state index in [1.807, 2.05) is 11.5 Å². The van der Waals surface area contributed by atoms with E-state index in [0.29, 0.717) is 5.16 Å². The van der Waals surface area contributed by atoms with Crippen molar-refractivity contribution in [1.82, 2.24) is 14.8 Å². The number of nitrogens with zero attached hydrogens (tertiary/aromatic N) is 3. The smallest absolute Gasteiger partial charge is 0.313 e. The summed E-state index contributed by atoms with van der Waals surface area (Å²) in [5.41, 5.74) is 6.53. The van der Waals surface area contributed by atoms with Crippen LogP contribution in [0.4, 0.5) is 0 Å². The number of benzene rings is 1. The molecule has 0 radical (unpaired) electrons. The van der Waals surface area contributed by atoms with Crippen molar-refractivity contribution in [3.63, 3.8) is 0 Å². The Morgan fingerprint density at radius 1 is 1.17 bits per heavy atom. The first-order chi connectivity index (χ1) is 11.0. The van der Waals surface area contributed by atoms with E-state index < -0.39 is 5.97 Å². The minimum atomic E-state index is -0.843. The number of thioether (sulfide) groups is 1.